The van der Waals surface area contributed by atoms with Gasteiger partial charge >= 0.3 is 5.22 Å². The Bertz CT molecular complexity index is 1740. The Morgan fingerprint density at radius 1 is 1.13 bits per heavy atom. The third kappa shape index (κ3) is 5.00. The number of sulfone groups is 1. The van der Waals surface area contributed by atoms with Crippen LogP contribution in [0.25, 0.3) is 22.4 Å². The molecule has 0 unspecified atom stereocenters. The van der Waals surface area contributed by atoms with Crippen LogP contribution in [0, 0.1) is 15.9 Å². The van der Waals surface area contributed by atoms with E-state index in [4.69, 9.17) is 4.42 Å². The van der Waals surface area contributed by atoms with Gasteiger partial charge in [0.15, 0.2) is 0 Å². The van der Waals surface area contributed by atoms with Gasteiger partial charge in [0.25, 0.3) is 11.6 Å². The maximum Gasteiger partial charge on any atom is 0.336 e. The highest BCUT2D eigenvalue weighted by molar-refractivity contribution is 7.90. The van der Waals surface area contributed by atoms with Gasteiger partial charge in [0.2, 0.25) is 15.3 Å². The Labute approximate surface area is 222 Å². The maximum atomic E-state index is 15.2. The molecule has 1 aliphatic heterocycles. The van der Waals surface area contributed by atoms with Crippen LogP contribution in [-0.2, 0) is 22.1 Å². The lowest BCUT2D eigenvalue weighted by Crippen LogP contribution is -2.44. The van der Waals surface area contributed by atoms with Crippen molar-refractivity contribution in [3.8, 4) is 11.5 Å². The molecule has 0 spiro atoms. The van der Waals surface area contributed by atoms with Crippen LogP contribution in [0.4, 0.5) is 15.8 Å². The molecular formula is C25H25FN6O6S. The third-order valence-corrected chi connectivity index (χ3v) is 8.16. The number of nitro benzene ring substituents is 1. The number of likely N-dealkylation sites (N-methyl/N-ethyl adjacent to an activating group) is 1. The average Bonchev–Trinajstić information content (AvgIpc) is 3.41. The van der Waals surface area contributed by atoms with Gasteiger partial charge in [0, 0.05) is 55.9 Å². The zero-order valence-corrected chi connectivity index (χ0v) is 22.0. The quantitative estimate of drug-likeness (QED) is 0.246. The van der Waals surface area contributed by atoms with Crippen molar-refractivity contribution in [1.82, 2.24) is 19.7 Å². The van der Waals surface area contributed by atoms with E-state index < -0.39 is 37.0 Å². The maximum absolute atomic E-state index is 15.2. The first kappa shape index (κ1) is 26.4. The van der Waals surface area contributed by atoms with Crippen molar-refractivity contribution in [3.05, 3.63) is 74.3 Å². The van der Waals surface area contributed by atoms with E-state index in [0.29, 0.717) is 30.8 Å². The number of hydrogen-bond donors (Lipinski definition) is 0. The molecule has 0 atom stereocenters. The van der Waals surface area contributed by atoms with Crippen LogP contribution in [0.1, 0.15) is 12.5 Å². The minimum atomic E-state index is -4.28. The molecule has 0 bridgehead atoms. The molecular weight excluding hydrogens is 531 g/mol. The molecule has 0 N–H and O–H groups in total. The normalized spacial score (nSPS) is 14.7. The molecule has 4 aromatic rings. The monoisotopic (exact) mass is 556 g/mol. The number of hydrogen-bond acceptors (Lipinski definition) is 10. The number of anilines is 1. The Morgan fingerprint density at radius 2 is 1.85 bits per heavy atom. The van der Waals surface area contributed by atoms with Crippen LogP contribution >= 0.6 is 0 Å². The molecule has 0 aliphatic carbocycles. The third-order valence-electron chi connectivity index (χ3n) is 6.77. The van der Waals surface area contributed by atoms with Crippen LogP contribution in [0.3, 0.4) is 0 Å². The number of pyridine rings is 1. The van der Waals surface area contributed by atoms with Gasteiger partial charge in [-0.1, -0.05) is 23.3 Å². The predicted octanol–water partition coefficient (Wildman–Crippen LogP) is 2.84. The number of para-hydroxylation sites is 1. The number of benzene rings is 2. The SMILES string of the molecule is CCn1cc(-c2nnc(S(=O)(=O)Cc3ccccc3[N+](=O)[O-])o2)c(=O)c2cc(F)c(N3CCN(C)CC3)cc21. The van der Waals surface area contributed by atoms with Crippen molar-refractivity contribution < 1.29 is 22.1 Å². The molecule has 39 heavy (non-hydrogen) atoms. The number of nitro groups is 1. The summed E-state index contributed by atoms with van der Waals surface area (Å²) in [4.78, 5) is 28.1. The molecule has 204 valence electrons. The van der Waals surface area contributed by atoms with Gasteiger partial charge < -0.3 is 18.8 Å². The minimum Gasteiger partial charge on any atom is -0.408 e. The summed E-state index contributed by atoms with van der Waals surface area (Å²) in [5, 5.41) is 18.0. The van der Waals surface area contributed by atoms with Crippen molar-refractivity contribution in [2.75, 3.05) is 38.1 Å². The molecule has 1 aliphatic rings. The van der Waals surface area contributed by atoms with E-state index in [1.165, 1.54) is 36.5 Å². The number of piperazine rings is 1. The fourth-order valence-corrected chi connectivity index (χ4v) is 5.77. The van der Waals surface area contributed by atoms with Crippen LogP contribution in [0.5, 0.6) is 0 Å². The van der Waals surface area contributed by atoms with Gasteiger partial charge in [-0.05, 0) is 26.1 Å². The summed E-state index contributed by atoms with van der Waals surface area (Å²) in [6.45, 7) is 5.16. The lowest BCUT2D eigenvalue weighted by molar-refractivity contribution is -0.385. The Kier molecular flexibility index (Phi) is 6.91. The minimum absolute atomic E-state index is 0.0482. The molecule has 1 fully saturated rings. The second-order valence-corrected chi connectivity index (χ2v) is 11.2. The fourth-order valence-electron chi connectivity index (χ4n) is 4.62. The van der Waals surface area contributed by atoms with E-state index in [0.717, 1.165) is 13.1 Å². The van der Waals surface area contributed by atoms with Crippen LogP contribution in [0.2, 0.25) is 0 Å². The summed E-state index contributed by atoms with van der Waals surface area (Å²) in [6, 6.07) is 8.26. The summed E-state index contributed by atoms with van der Waals surface area (Å²) >= 11 is 0. The van der Waals surface area contributed by atoms with Crippen molar-refractivity contribution >= 4 is 32.1 Å². The van der Waals surface area contributed by atoms with E-state index in [9.17, 15) is 23.3 Å². The molecule has 1 saturated heterocycles. The smallest absolute Gasteiger partial charge is 0.336 e. The Morgan fingerprint density at radius 3 is 2.54 bits per heavy atom. The first-order valence-corrected chi connectivity index (χ1v) is 13.8. The second kappa shape index (κ2) is 10.2. The first-order valence-electron chi connectivity index (χ1n) is 12.2. The highest BCUT2D eigenvalue weighted by Gasteiger charge is 2.28. The Hall–Kier alpha value is -4.17. The molecule has 14 heteroatoms. The van der Waals surface area contributed by atoms with Crippen LogP contribution < -0.4 is 10.3 Å². The molecule has 12 nitrogen and oxygen atoms in total. The number of rotatable bonds is 7. The lowest BCUT2D eigenvalue weighted by atomic mass is 10.1. The summed E-state index contributed by atoms with van der Waals surface area (Å²) < 4.78 is 48.2. The molecule has 0 amide bonds. The highest BCUT2D eigenvalue weighted by atomic mass is 32.2. The number of halogens is 1. The standard InChI is InChI=1S/C25H25FN6O6S/c1-3-30-14-18(23(33)17-12-19(26)22(13-21(17)30)31-10-8-29(2)9-11-31)24-27-28-25(38-24)39(36,37)15-16-6-4-5-7-20(16)32(34)35/h4-7,12-14H,3,8-11,15H2,1-2H3. The Balaban J connectivity index is 1.53. The van der Waals surface area contributed by atoms with Gasteiger partial charge in [0.05, 0.1) is 21.9 Å². The number of fused-ring (bicyclic) bond motifs is 1. The molecule has 2 aromatic heterocycles. The molecule has 5 rings (SSSR count). The zero-order chi connectivity index (χ0) is 27.9. The van der Waals surface area contributed by atoms with Crippen molar-refractivity contribution in [1.29, 1.82) is 0 Å². The largest absolute Gasteiger partial charge is 0.408 e. The van der Waals surface area contributed by atoms with E-state index >= 15 is 4.39 Å². The van der Waals surface area contributed by atoms with Gasteiger partial charge in [0.1, 0.15) is 11.4 Å². The average molecular weight is 557 g/mol. The summed E-state index contributed by atoms with van der Waals surface area (Å²) in [6.07, 6.45) is 1.47. The molecule has 2 aromatic carbocycles. The number of nitrogens with zero attached hydrogens (tertiary/aromatic N) is 6. The van der Waals surface area contributed by atoms with E-state index in [2.05, 4.69) is 15.1 Å². The van der Waals surface area contributed by atoms with Crippen molar-refractivity contribution in [2.45, 2.75) is 24.4 Å². The van der Waals surface area contributed by atoms with E-state index in [1.807, 2.05) is 18.9 Å². The second-order valence-electron chi connectivity index (χ2n) is 9.29. The van der Waals surface area contributed by atoms with E-state index in [1.54, 1.807) is 10.6 Å². The lowest BCUT2D eigenvalue weighted by Gasteiger charge is -2.34. The fraction of sp³-hybridized carbons (Fsp3) is 0.320. The number of aromatic nitrogens is 3. The molecule has 0 saturated carbocycles. The summed E-state index contributed by atoms with van der Waals surface area (Å²) in [7, 11) is -2.27. The van der Waals surface area contributed by atoms with Gasteiger partial charge in [-0.3, -0.25) is 14.9 Å². The predicted molar refractivity (Wildman–Crippen MR) is 141 cm³/mol. The van der Waals surface area contributed by atoms with Crippen molar-refractivity contribution in [3.63, 3.8) is 0 Å². The van der Waals surface area contributed by atoms with Crippen LogP contribution in [0.15, 0.2) is 57.0 Å². The van der Waals surface area contributed by atoms with Gasteiger partial charge in [-0.15, -0.1) is 5.10 Å². The first-order chi connectivity index (χ1) is 18.6. The molecule has 3 heterocycles. The van der Waals surface area contributed by atoms with Gasteiger partial charge in [-0.25, -0.2) is 12.8 Å². The summed E-state index contributed by atoms with van der Waals surface area (Å²) in [5.74, 6) is -1.64. The van der Waals surface area contributed by atoms with E-state index in [-0.39, 0.29) is 28.1 Å². The van der Waals surface area contributed by atoms with Crippen LogP contribution in [-0.4, -0.2) is 66.2 Å². The summed E-state index contributed by atoms with van der Waals surface area (Å²) in [5.41, 5.74) is -0.163. The van der Waals surface area contributed by atoms with Gasteiger partial charge in [-0.2, -0.15) is 0 Å². The topological polar surface area (TPSA) is 145 Å². The number of aryl methyl sites for hydroxylation is 1. The molecule has 0 radical (unpaired) electrons. The zero-order valence-electron chi connectivity index (χ0n) is 21.2. The highest BCUT2D eigenvalue weighted by Crippen LogP contribution is 2.29. The van der Waals surface area contributed by atoms with Crippen molar-refractivity contribution in [2.24, 2.45) is 0 Å².